The van der Waals surface area contributed by atoms with E-state index in [9.17, 15) is 14.7 Å². The number of rotatable bonds is 5. The summed E-state index contributed by atoms with van der Waals surface area (Å²) in [7, 11) is 5.17. The summed E-state index contributed by atoms with van der Waals surface area (Å²) in [5, 5.41) is 12.5. The number of amides is 1. The van der Waals surface area contributed by atoms with Crippen LogP contribution in [-0.4, -0.2) is 59.6 Å². The molecule has 1 rings (SSSR count). The van der Waals surface area contributed by atoms with Crippen LogP contribution in [0.15, 0.2) is 0 Å². The zero-order chi connectivity index (χ0) is 13.8. The van der Waals surface area contributed by atoms with Gasteiger partial charge >= 0.3 is 5.97 Å². The Hall–Kier alpha value is -0.750. The predicted molar refractivity (Wildman–Crippen MR) is 72.8 cm³/mol. The van der Waals surface area contributed by atoms with Gasteiger partial charge in [0.05, 0.1) is 5.75 Å². The number of carbonyl (C=O) groups excluding carboxylic acids is 1. The summed E-state index contributed by atoms with van der Waals surface area (Å²) in [6.07, 6.45) is 3.13. The topological polar surface area (TPSA) is 69.6 Å². The largest absolute Gasteiger partial charge is 0.480 e. The molecule has 1 aliphatic carbocycles. The third-order valence-corrected chi connectivity index (χ3v) is 4.82. The number of hydrogen-bond acceptors (Lipinski definition) is 4. The molecule has 2 N–H and O–H groups in total. The molecule has 104 valence electrons. The van der Waals surface area contributed by atoms with E-state index in [1.54, 1.807) is 37.8 Å². The van der Waals surface area contributed by atoms with Crippen molar-refractivity contribution in [3.05, 3.63) is 0 Å². The Morgan fingerprint density at radius 2 is 2.17 bits per heavy atom. The van der Waals surface area contributed by atoms with E-state index in [4.69, 9.17) is 0 Å². The van der Waals surface area contributed by atoms with Crippen molar-refractivity contribution in [3.8, 4) is 0 Å². The zero-order valence-electron chi connectivity index (χ0n) is 11.2. The molecule has 1 amide bonds. The van der Waals surface area contributed by atoms with E-state index in [1.165, 1.54) is 0 Å². The Morgan fingerprint density at radius 1 is 1.50 bits per heavy atom. The van der Waals surface area contributed by atoms with E-state index < -0.39 is 11.5 Å². The molecule has 0 spiro atoms. The highest BCUT2D eigenvalue weighted by molar-refractivity contribution is 8.00. The van der Waals surface area contributed by atoms with Gasteiger partial charge in [-0.15, -0.1) is 11.8 Å². The first-order chi connectivity index (χ1) is 8.41. The molecule has 1 saturated carbocycles. The molecule has 0 heterocycles. The maximum Gasteiger partial charge on any atom is 0.323 e. The van der Waals surface area contributed by atoms with Crippen LogP contribution in [0.25, 0.3) is 0 Å². The molecule has 0 saturated heterocycles. The lowest BCUT2D eigenvalue weighted by Crippen LogP contribution is -2.54. The molecular weight excluding hydrogens is 252 g/mol. The summed E-state index contributed by atoms with van der Waals surface area (Å²) in [6, 6.07) is 0. The van der Waals surface area contributed by atoms with Crippen molar-refractivity contribution in [1.82, 2.24) is 10.2 Å². The van der Waals surface area contributed by atoms with Gasteiger partial charge in [0.15, 0.2) is 0 Å². The van der Waals surface area contributed by atoms with Gasteiger partial charge in [-0.25, -0.2) is 0 Å². The van der Waals surface area contributed by atoms with Crippen LogP contribution in [0.4, 0.5) is 0 Å². The minimum Gasteiger partial charge on any atom is -0.480 e. The highest BCUT2D eigenvalue weighted by atomic mass is 32.2. The summed E-state index contributed by atoms with van der Waals surface area (Å²) in [6.45, 7) is 0. The molecule has 6 heteroatoms. The molecule has 0 aliphatic heterocycles. The van der Waals surface area contributed by atoms with E-state index in [-0.39, 0.29) is 11.2 Å². The SMILES string of the molecule is CNC1(C(=O)O)CCCC(SCC(=O)N(C)C)C1. The average Bonchev–Trinajstić information content (AvgIpc) is 2.35. The molecule has 0 aromatic carbocycles. The van der Waals surface area contributed by atoms with Gasteiger partial charge in [0.1, 0.15) is 5.54 Å². The van der Waals surface area contributed by atoms with Gasteiger partial charge in [-0.2, -0.15) is 0 Å². The lowest BCUT2D eigenvalue weighted by atomic mass is 9.81. The monoisotopic (exact) mass is 274 g/mol. The summed E-state index contributed by atoms with van der Waals surface area (Å²) in [5.41, 5.74) is -0.808. The van der Waals surface area contributed by atoms with Gasteiger partial charge in [0, 0.05) is 19.3 Å². The summed E-state index contributed by atoms with van der Waals surface area (Å²) >= 11 is 1.57. The molecule has 1 fully saturated rings. The van der Waals surface area contributed by atoms with Crippen molar-refractivity contribution in [2.45, 2.75) is 36.5 Å². The lowest BCUT2D eigenvalue weighted by molar-refractivity contribution is -0.146. The van der Waals surface area contributed by atoms with Gasteiger partial charge in [0.2, 0.25) is 5.91 Å². The molecule has 2 unspecified atom stereocenters. The molecule has 1 aliphatic rings. The number of nitrogens with one attached hydrogen (secondary N) is 1. The third-order valence-electron chi connectivity index (χ3n) is 3.54. The summed E-state index contributed by atoms with van der Waals surface area (Å²) < 4.78 is 0. The van der Waals surface area contributed by atoms with Gasteiger partial charge < -0.3 is 15.3 Å². The molecule has 18 heavy (non-hydrogen) atoms. The van der Waals surface area contributed by atoms with Crippen LogP contribution in [0.1, 0.15) is 25.7 Å². The van der Waals surface area contributed by atoms with Crippen LogP contribution in [0.2, 0.25) is 0 Å². The number of nitrogens with zero attached hydrogens (tertiary/aromatic N) is 1. The van der Waals surface area contributed by atoms with Gasteiger partial charge in [-0.05, 0) is 32.7 Å². The molecule has 0 radical (unpaired) electrons. The van der Waals surface area contributed by atoms with Crippen LogP contribution in [0.3, 0.4) is 0 Å². The van der Waals surface area contributed by atoms with Crippen LogP contribution in [0, 0.1) is 0 Å². The molecule has 0 bridgehead atoms. The quantitative estimate of drug-likeness (QED) is 0.776. The minimum atomic E-state index is -0.808. The third kappa shape index (κ3) is 3.62. The number of aliphatic carboxylic acids is 1. The Balaban J connectivity index is 2.53. The lowest BCUT2D eigenvalue weighted by Gasteiger charge is -2.37. The van der Waals surface area contributed by atoms with Crippen LogP contribution in [-0.2, 0) is 9.59 Å². The van der Waals surface area contributed by atoms with E-state index >= 15 is 0 Å². The summed E-state index contributed by atoms with van der Waals surface area (Å²) in [4.78, 5) is 24.4. The van der Waals surface area contributed by atoms with Crippen LogP contribution in [0.5, 0.6) is 0 Å². The first-order valence-corrected chi connectivity index (χ1v) is 7.20. The van der Waals surface area contributed by atoms with Crippen molar-refractivity contribution in [2.24, 2.45) is 0 Å². The van der Waals surface area contributed by atoms with Crippen LogP contribution < -0.4 is 5.32 Å². The molecule has 2 atom stereocenters. The van der Waals surface area contributed by atoms with Gasteiger partial charge in [0.25, 0.3) is 0 Å². The van der Waals surface area contributed by atoms with Crippen molar-refractivity contribution < 1.29 is 14.7 Å². The van der Waals surface area contributed by atoms with Crippen LogP contribution >= 0.6 is 11.8 Å². The molecular formula is C12H22N2O3S. The smallest absolute Gasteiger partial charge is 0.323 e. The maximum absolute atomic E-state index is 11.5. The van der Waals surface area contributed by atoms with Gasteiger partial charge in [-0.1, -0.05) is 0 Å². The predicted octanol–water partition coefficient (Wildman–Crippen LogP) is 0.793. The zero-order valence-corrected chi connectivity index (χ0v) is 12.0. The minimum absolute atomic E-state index is 0.0796. The normalized spacial score (nSPS) is 27.8. The van der Waals surface area contributed by atoms with E-state index in [0.29, 0.717) is 18.6 Å². The fourth-order valence-corrected chi connectivity index (χ4v) is 3.59. The van der Waals surface area contributed by atoms with Gasteiger partial charge in [-0.3, -0.25) is 9.59 Å². The maximum atomic E-state index is 11.5. The molecule has 0 aromatic heterocycles. The second-order valence-electron chi connectivity index (χ2n) is 4.95. The number of hydrogen-bond donors (Lipinski definition) is 2. The van der Waals surface area contributed by atoms with Crippen molar-refractivity contribution in [1.29, 1.82) is 0 Å². The van der Waals surface area contributed by atoms with E-state index in [1.807, 2.05) is 0 Å². The van der Waals surface area contributed by atoms with E-state index in [0.717, 1.165) is 12.8 Å². The number of thioether (sulfide) groups is 1. The first kappa shape index (κ1) is 15.3. The standard InChI is InChI=1S/C12H22N2O3S/c1-13-12(11(16)17)6-4-5-9(7-12)18-8-10(15)14(2)3/h9,13H,4-8H2,1-3H3,(H,16,17). The number of likely N-dealkylation sites (N-methyl/N-ethyl adjacent to an activating group) is 1. The second-order valence-corrected chi connectivity index (χ2v) is 6.24. The average molecular weight is 274 g/mol. The fraction of sp³-hybridized carbons (Fsp3) is 0.833. The molecule has 0 aromatic rings. The number of carboxylic acids is 1. The fourth-order valence-electron chi connectivity index (χ4n) is 2.21. The van der Waals surface area contributed by atoms with Crippen molar-refractivity contribution >= 4 is 23.6 Å². The number of carboxylic acid groups (broad SMARTS) is 1. The second kappa shape index (κ2) is 6.43. The summed E-state index contributed by atoms with van der Waals surface area (Å²) in [5.74, 6) is -0.276. The Bertz CT molecular complexity index is 322. The van der Waals surface area contributed by atoms with Crippen molar-refractivity contribution in [3.63, 3.8) is 0 Å². The highest BCUT2D eigenvalue weighted by Crippen LogP contribution is 2.35. The van der Waals surface area contributed by atoms with E-state index in [2.05, 4.69) is 5.32 Å². The Morgan fingerprint density at radius 3 is 2.67 bits per heavy atom. The van der Waals surface area contributed by atoms with Crippen molar-refractivity contribution in [2.75, 3.05) is 26.9 Å². The highest BCUT2D eigenvalue weighted by Gasteiger charge is 2.41. The Kier molecular flexibility index (Phi) is 5.47. The first-order valence-electron chi connectivity index (χ1n) is 6.15. The molecule has 5 nitrogen and oxygen atoms in total. The Labute approximate surface area is 112 Å². The number of carbonyl (C=O) groups is 2.